The highest BCUT2D eigenvalue weighted by Gasteiger charge is 2.42. The first-order valence-electron chi connectivity index (χ1n) is 25.9. The number of aromatic nitrogens is 1. The van der Waals surface area contributed by atoms with E-state index in [2.05, 4.69) is 210 Å². The van der Waals surface area contributed by atoms with Gasteiger partial charge >= 0.3 is 0 Å². The lowest BCUT2D eigenvalue weighted by Crippen LogP contribution is -2.61. The van der Waals surface area contributed by atoms with Gasteiger partial charge in [-0.15, -0.1) is 0 Å². The molecule has 2 aromatic heterocycles. The van der Waals surface area contributed by atoms with E-state index >= 15 is 0 Å². The van der Waals surface area contributed by atoms with Gasteiger partial charge in [0, 0.05) is 55.7 Å². The van der Waals surface area contributed by atoms with Gasteiger partial charge in [-0.2, -0.15) is 0 Å². The van der Waals surface area contributed by atoms with Crippen molar-refractivity contribution in [3.63, 3.8) is 0 Å². The molecule has 0 saturated heterocycles. The third-order valence-corrected chi connectivity index (χ3v) is 15.8. The summed E-state index contributed by atoms with van der Waals surface area (Å²) >= 11 is 0. The van der Waals surface area contributed by atoms with Crippen molar-refractivity contribution in [2.24, 2.45) is 0 Å². The first-order valence-corrected chi connectivity index (χ1v) is 25.9. The lowest BCUT2D eigenvalue weighted by Gasteiger charge is -2.44. The molecule has 0 spiro atoms. The molecule has 0 atom stereocenters. The summed E-state index contributed by atoms with van der Waals surface area (Å²) in [6, 6.07) is 92.8. The molecular formula is C70H44BN3O2. The largest absolute Gasteiger partial charge is 0.311 e. The normalized spacial score (nSPS) is 12.5. The quantitative estimate of drug-likeness (QED) is 0.0984. The Kier molecular flexibility index (Phi) is 9.91. The van der Waals surface area contributed by atoms with E-state index in [1.807, 2.05) is 52.9 Å². The summed E-state index contributed by atoms with van der Waals surface area (Å²) in [5.74, 6) is 0. The smallest absolute Gasteiger partial charge is 0.252 e. The summed E-state index contributed by atoms with van der Waals surface area (Å²) in [4.78, 5) is 30.5. The Morgan fingerprint density at radius 1 is 0.276 bits per heavy atom. The van der Waals surface area contributed by atoms with Crippen LogP contribution < -0.4 is 37.0 Å². The first-order chi connectivity index (χ1) is 37.6. The highest BCUT2D eigenvalue weighted by atomic mass is 16.1. The van der Waals surface area contributed by atoms with Crippen molar-refractivity contribution >= 4 is 138 Å². The second kappa shape index (κ2) is 17.3. The van der Waals surface area contributed by atoms with E-state index in [1.165, 1.54) is 93.6 Å². The lowest BCUT2D eigenvalue weighted by atomic mass is 9.33. The molecule has 76 heavy (non-hydrogen) atoms. The van der Waals surface area contributed by atoms with Crippen molar-refractivity contribution in [3.8, 4) is 0 Å². The topological polar surface area (TPSA) is 45.0 Å². The second-order valence-corrected chi connectivity index (χ2v) is 19.8. The molecule has 6 heteroatoms. The summed E-state index contributed by atoms with van der Waals surface area (Å²) < 4.78 is 2.04. The molecule has 0 unspecified atom stereocenters. The van der Waals surface area contributed by atoms with Gasteiger partial charge in [-0.1, -0.05) is 182 Å². The fraction of sp³-hybridized carbons (Fsp3) is 0. The van der Waals surface area contributed by atoms with Crippen molar-refractivity contribution in [3.05, 3.63) is 287 Å². The first kappa shape index (κ1) is 43.5. The molecule has 2 aliphatic heterocycles. The Labute approximate surface area is 437 Å². The van der Waals surface area contributed by atoms with E-state index in [9.17, 15) is 9.59 Å². The van der Waals surface area contributed by atoms with Crippen molar-refractivity contribution in [1.82, 2.24) is 4.40 Å². The fourth-order valence-electron chi connectivity index (χ4n) is 12.7. The van der Waals surface area contributed by atoms with Gasteiger partial charge in [-0.3, -0.25) is 9.59 Å². The minimum Gasteiger partial charge on any atom is -0.311 e. The fourth-order valence-corrected chi connectivity index (χ4v) is 12.7. The van der Waals surface area contributed by atoms with E-state index in [0.29, 0.717) is 27.1 Å². The van der Waals surface area contributed by atoms with Crippen molar-refractivity contribution < 1.29 is 0 Å². The minimum atomic E-state index is -0.0270. The van der Waals surface area contributed by atoms with E-state index < -0.39 is 0 Å². The standard InChI is InChI=1S/C30H21BN2.C20H11NO2.C20H12/c1-3-12-22(13-4-1)32-26-18-9-7-16-24(26)31-25-17-8-10-19-27(25)33(23-14-5-2-6-15-23)29-21-11-20-28(32)30(29)31;22-19-12-6-1-3-10-16(12)21-17-11-4-2-7-13(17)20(23)15-9-5-8-14(19)18(15)21;1-5-13-6-2-11-17-18-12-4-8-14-7-3-10-16(20(14)18)15(9-1)19(13)17/h1-21H;1-11H;1-12H. The van der Waals surface area contributed by atoms with E-state index in [4.69, 9.17) is 0 Å². The van der Waals surface area contributed by atoms with Crippen molar-refractivity contribution in [1.29, 1.82) is 0 Å². The third-order valence-electron chi connectivity index (χ3n) is 15.8. The predicted molar refractivity (Wildman–Crippen MR) is 322 cm³/mol. The van der Waals surface area contributed by atoms with Crippen LogP contribution in [0.1, 0.15) is 0 Å². The monoisotopic (exact) mass is 969 g/mol. The van der Waals surface area contributed by atoms with Crippen LogP contribution in [0.4, 0.5) is 34.1 Å². The van der Waals surface area contributed by atoms with Crippen LogP contribution >= 0.6 is 0 Å². The van der Waals surface area contributed by atoms with Crippen molar-refractivity contribution in [2.75, 3.05) is 9.80 Å². The number of benzene rings is 13. The zero-order valence-corrected chi connectivity index (χ0v) is 41.1. The number of para-hydroxylation sites is 7. The summed E-state index contributed by atoms with van der Waals surface area (Å²) in [6.07, 6.45) is 0. The minimum absolute atomic E-state index is 0.0270. The Bertz CT molecular complexity index is 4530. The molecule has 13 aromatic carbocycles. The molecule has 17 rings (SSSR count). The molecular weight excluding hydrogens is 926 g/mol. The van der Waals surface area contributed by atoms with Crippen LogP contribution in [-0.4, -0.2) is 11.1 Å². The third kappa shape index (κ3) is 6.47. The van der Waals surface area contributed by atoms with Gasteiger partial charge in [-0.05, 0) is 144 Å². The number of rotatable bonds is 2. The van der Waals surface area contributed by atoms with Gasteiger partial charge in [0.05, 0.1) is 16.6 Å². The maximum atomic E-state index is 12.8. The number of fused-ring (bicyclic) bond motifs is 10. The lowest BCUT2D eigenvalue weighted by molar-refractivity contribution is 1.25. The molecule has 0 saturated carbocycles. The average molecular weight is 970 g/mol. The zero-order valence-electron chi connectivity index (χ0n) is 41.1. The molecule has 0 aliphatic carbocycles. The van der Waals surface area contributed by atoms with E-state index in [1.54, 1.807) is 18.2 Å². The Balaban J connectivity index is 0.000000104. The summed E-state index contributed by atoms with van der Waals surface area (Å²) in [6.45, 7) is 0.198. The maximum Gasteiger partial charge on any atom is 0.252 e. The van der Waals surface area contributed by atoms with Crippen LogP contribution in [0, 0.1) is 0 Å². The number of anilines is 6. The highest BCUT2D eigenvalue weighted by Crippen LogP contribution is 2.44. The van der Waals surface area contributed by atoms with Gasteiger partial charge in [0.15, 0.2) is 10.9 Å². The van der Waals surface area contributed by atoms with E-state index in [-0.39, 0.29) is 17.6 Å². The summed E-state index contributed by atoms with van der Waals surface area (Å²) in [5.41, 5.74) is 13.7. The Hall–Kier alpha value is -10.0. The molecule has 354 valence electrons. The molecule has 5 nitrogen and oxygen atoms in total. The van der Waals surface area contributed by atoms with Crippen LogP contribution in [-0.2, 0) is 0 Å². The number of hydrogen-bond donors (Lipinski definition) is 0. The van der Waals surface area contributed by atoms with Crippen molar-refractivity contribution in [2.45, 2.75) is 0 Å². The molecule has 0 fully saturated rings. The number of nitrogens with zero attached hydrogens (tertiary/aromatic N) is 3. The van der Waals surface area contributed by atoms with Crippen LogP contribution in [0.15, 0.2) is 277 Å². The molecule has 0 bridgehead atoms. The molecule has 0 amide bonds. The van der Waals surface area contributed by atoms with Crippen LogP contribution in [0.5, 0.6) is 0 Å². The van der Waals surface area contributed by atoms with Gasteiger partial charge in [0.25, 0.3) is 6.71 Å². The van der Waals surface area contributed by atoms with Gasteiger partial charge in [0.2, 0.25) is 0 Å². The van der Waals surface area contributed by atoms with Crippen LogP contribution in [0.25, 0.3) is 81.2 Å². The number of pyridine rings is 2. The molecule has 2 aliphatic rings. The zero-order chi connectivity index (χ0) is 50.4. The molecule has 0 N–H and O–H groups in total. The number of hydrogen-bond acceptors (Lipinski definition) is 4. The van der Waals surface area contributed by atoms with Crippen LogP contribution in [0.3, 0.4) is 0 Å². The highest BCUT2D eigenvalue weighted by molar-refractivity contribution is 7.00. The van der Waals surface area contributed by atoms with E-state index in [0.717, 1.165) is 11.0 Å². The average Bonchev–Trinajstić information content (AvgIpc) is 3.50. The van der Waals surface area contributed by atoms with Crippen LogP contribution in [0.2, 0.25) is 0 Å². The SMILES string of the molecule is O=c1c2ccccc2n2c3ccccc3c(=O)c3cccc1c32.c1cc2cccc3c4cccc5cccc(c(c1)c23)c54.c1ccc(N2c3ccccc3B3c4ccccc4N(c4ccccc4)c4cccc2c43)cc1. The Morgan fingerprint density at radius 3 is 1.05 bits per heavy atom. The molecule has 15 aromatic rings. The maximum absolute atomic E-state index is 12.8. The summed E-state index contributed by atoms with van der Waals surface area (Å²) in [5, 5.41) is 13.4. The molecule has 0 radical (unpaired) electrons. The molecule has 4 heterocycles. The predicted octanol–water partition coefficient (Wildman–Crippen LogP) is 15.1. The summed E-state index contributed by atoms with van der Waals surface area (Å²) in [7, 11) is 0. The Morgan fingerprint density at radius 2 is 0.605 bits per heavy atom. The van der Waals surface area contributed by atoms with Gasteiger partial charge < -0.3 is 14.2 Å². The van der Waals surface area contributed by atoms with Gasteiger partial charge in [-0.25, -0.2) is 0 Å². The second-order valence-electron chi connectivity index (χ2n) is 19.8. The van der Waals surface area contributed by atoms with Gasteiger partial charge in [0.1, 0.15) is 0 Å².